The van der Waals surface area contributed by atoms with E-state index in [4.69, 9.17) is 14.2 Å². The molecule has 0 heterocycles. The third-order valence-electron chi connectivity index (χ3n) is 7.74. The number of aliphatic carboxylic acids is 1. The van der Waals surface area contributed by atoms with Gasteiger partial charge in [0.25, 0.3) is 0 Å². The lowest BCUT2D eigenvalue weighted by molar-refractivity contribution is -0.887. The number of carboxylic acids is 1. The topological polar surface area (TPSA) is 99.1 Å². The maximum absolute atomic E-state index is 12.6. The van der Waals surface area contributed by atoms with E-state index >= 15 is 0 Å². The van der Waals surface area contributed by atoms with Gasteiger partial charge in [-0.05, 0) is 51.4 Å². The average molecular weight is 663 g/mol. The van der Waals surface area contributed by atoms with Crippen LogP contribution in [0.1, 0.15) is 129 Å². The summed E-state index contributed by atoms with van der Waals surface area (Å²) in [5.74, 6) is -1.52. The predicted molar refractivity (Wildman–Crippen MR) is 192 cm³/mol. The summed E-state index contributed by atoms with van der Waals surface area (Å²) in [6, 6.07) is -0.617. The maximum atomic E-state index is 12.6. The van der Waals surface area contributed by atoms with Gasteiger partial charge in [0.1, 0.15) is 6.61 Å². The summed E-state index contributed by atoms with van der Waals surface area (Å²) in [4.78, 5) is 36.5. The molecule has 0 rings (SSSR count). The van der Waals surface area contributed by atoms with E-state index in [1.807, 2.05) is 21.1 Å². The first-order valence-corrected chi connectivity index (χ1v) is 18.2. The van der Waals surface area contributed by atoms with Crippen molar-refractivity contribution in [2.24, 2.45) is 0 Å². The van der Waals surface area contributed by atoms with Gasteiger partial charge in [-0.25, -0.2) is 4.79 Å². The Balaban J connectivity index is 4.42. The van der Waals surface area contributed by atoms with E-state index in [0.29, 0.717) is 19.3 Å². The van der Waals surface area contributed by atoms with E-state index in [1.54, 1.807) is 0 Å². The normalized spacial score (nSPS) is 13.6. The monoisotopic (exact) mass is 662 g/mol. The molecule has 0 aromatic rings. The van der Waals surface area contributed by atoms with Crippen molar-refractivity contribution in [3.8, 4) is 0 Å². The number of carbonyl (C=O) groups excluding carboxylic acids is 2. The molecule has 2 atom stereocenters. The van der Waals surface area contributed by atoms with Crippen LogP contribution in [0.2, 0.25) is 0 Å². The van der Waals surface area contributed by atoms with E-state index in [-0.39, 0.29) is 36.2 Å². The van der Waals surface area contributed by atoms with Gasteiger partial charge in [-0.15, -0.1) is 0 Å². The molecule has 0 bridgehead atoms. The molecule has 47 heavy (non-hydrogen) atoms. The number of hydrogen-bond donors (Lipinski definition) is 1. The molecule has 8 nitrogen and oxygen atoms in total. The van der Waals surface area contributed by atoms with E-state index in [2.05, 4.69) is 62.5 Å². The Bertz CT molecular complexity index is 917. The van der Waals surface area contributed by atoms with Gasteiger partial charge >= 0.3 is 17.9 Å². The fourth-order valence-electron chi connectivity index (χ4n) is 4.90. The first kappa shape index (κ1) is 44.3. The standard InChI is InChI=1S/C39H67NO7/c1-6-8-10-12-14-15-16-17-18-19-20-21-22-23-24-26-28-30-38(42)47-35(33-45-32-31-36(39(43)44)40(3,4)5)34-46-37(41)29-27-25-13-11-9-7-2/h8,10,14-15,17-18,20-21,35-36H,6-7,9,11-13,16,19,22-34H2,1-5H3/p+1/b10-8-,15-14-,18-17-,21-20-. The highest BCUT2D eigenvalue weighted by atomic mass is 16.6. The number of unbranched alkanes of at least 4 members (excludes halogenated alkanes) is 9. The number of rotatable bonds is 31. The van der Waals surface area contributed by atoms with Gasteiger partial charge in [-0.2, -0.15) is 0 Å². The number of carboxylic acid groups (broad SMARTS) is 1. The Labute approximate surface area is 286 Å². The van der Waals surface area contributed by atoms with Gasteiger partial charge in [-0.3, -0.25) is 9.59 Å². The lowest BCUT2D eigenvalue weighted by Crippen LogP contribution is -2.50. The summed E-state index contributed by atoms with van der Waals surface area (Å²) in [5.41, 5.74) is 0. The maximum Gasteiger partial charge on any atom is 0.362 e. The van der Waals surface area contributed by atoms with Crippen molar-refractivity contribution in [2.45, 2.75) is 142 Å². The SMILES string of the molecule is CC/C=C\C/C=C\C/C=C\C/C=C\CCCCCCC(=O)OC(COCCC(C(=O)O)[N+](C)(C)C)COC(=O)CCCCCCCC. The molecule has 8 heteroatoms. The number of esters is 2. The minimum absolute atomic E-state index is 0.0500. The highest BCUT2D eigenvalue weighted by Crippen LogP contribution is 2.12. The van der Waals surface area contributed by atoms with Crippen LogP contribution in [-0.4, -0.2) is 80.6 Å². The summed E-state index contributed by atoms with van der Waals surface area (Å²) in [6.45, 7) is 4.50. The summed E-state index contributed by atoms with van der Waals surface area (Å²) >= 11 is 0. The van der Waals surface area contributed by atoms with Crippen LogP contribution in [0.4, 0.5) is 0 Å². The van der Waals surface area contributed by atoms with Gasteiger partial charge < -0.3 is 23.8 Å². The second-order valence-electron chi connectivity index (χ2n) is 13.1. The zero-order valence-corrected chi connectivity index (χ0v) is 30.5. The first-order valence-electron chi connectivity index (χ1n) is 18.2. The molecule has 0 spiro atoms. The summed E-state index contributed by atoms with van der Waals surface area (Å²) < 4.78 is 17.1. The molecular formula is C39H68NO7+. The second-order valence-corrected chi connectivity index (χ2v) is 13.1. The van der Waals surface area contributed by atoms with Crippen LogP contribution in [0, 0.1) is 0 Å². The van der Waals surface area contributed by atoms with Gasteiger partial charge in [0.2, 0.25) is 0 Å². The highest BCUT2D eigenvalue weighted by Gasteiger charge is 2.31. The molecule has 0 saturated heterocycles. The number of ether oxygens (including phenoxy) is 3. The Morgan fingerprint density at radius 1 is 0.660 bits per heavy atom. The molecular weight excluding hydrogens is 594 g/mol. The van der Waals surface area contributed by atoms with Crippen molar-refractivity contribution in [2.75, 3.05) is 41.0 Å². The fourth-order valence-corrected chi connectivity index (χ4v) is 4.90. The van der Waals surface area contributed by atoms with Crippen LogP contribution in [0.25, 0.3) is 0 Å². The van der Waals surface area contributed by atoms with Crippen LogP contribution in [0.3, 0.4) is 0 Å². The van der Waals surface area contributed by atoms with Crippen molar-refractivity contribution in [1.82, 2.24) is 0 Å². The molecule has 0 aliphatic rings. The number of quaternary nitrogens is 1. The van der Waals surface area contributed by atoms with Crippen LogP contribution in [0.5, 0.6) is 0 Å². The van der Waals surface area contributed by atoms with Crippen LogP contribution in [0.15, 0.2) is 48.6 Å². The number of carbonyl (C=O) groups is 3. The van der Waals surface area contributed by atoms with Crippen molar-refractivity contribution >= 4 is 17.9 Å². The molecule has 0 aromatic heterocycles. The van der Waals surface area contributed by atoms with E-state index in [0.717, 1.165) is 77.0 Å². The fraction of sp³-hybridized carbons (Fsp3) is 0.718. The molecule has 270 valence electrons. The van der Waals surface area contributed by atoms with Crippen molar-refractivity contribution in [1.29, 1.82) is 0 Å². The van der Waals surface area contributed by atoms with E-state index in [1.165, 1.54) is 19.3 Å². The number of nitrogens with zero attached hydrogens (tertiary/aromatic N) is 1. The molecule has 0 fully saturated rings. The van der Waals surface area contributed by atoms with Crippen LogP contribution in [-0.2, 0) is 28.6 Å². The summed E-state index contributed by atoms with van der Waals surface area (Å²) in [7, 11) is 5.49. The summed E-state index contributed by atoms with van der Waals surface area (Å²) in [6.07, 6.45) is 33.2. The van der Waals surface area contributed by atoms with E-state index in [9.17, 15) is 19.5 Å². The largest absolute Gasteiger partial charge is 0.477 e. The molecule has 0 amide bonds. The highest BCUT2D eigenvalue weighted by molar-refractivity contribution is 5.72. The molecule has 0 aliphatic heterocycles. The number of allylic oxidation sites excluding steroid dienone is 8. The molecule has 0 aromatic carbocycles. The van der Waals surface area contributed by atoms with E-state index < -0.39 is 18.1 Å². The molecule has 0 saturated carbocycles. The van der Waals surface area contributed by atoms with Gasteiger partial charge in [-0.1, -0.05) is 107 Å². The molecule has 2 unspecified atom stereocenters. The zero-order valence-electron chi connectivity index (χ0n) is 30.5. The molecule has 1 N–H and O–H groups in total. The Morgan fingerprint density at radius 2 is 1.19 bits per heavy atom. The summed E-state index contributed by atoms with van der Waals surface area (Å²) in [5, 5.41) is 9.55. The lowest BCUT2D eigenvalue weighted by Gasteiger charge is -2.31. The predicted octanol–water partition coefficient (Wildman–Crippen LogP) is 8.90. The Kier molecular flexibility index (Phi) is 28.8. The van der Waals surface area contributed by atoms with Crippen molar-refractivity contribution < 1.29 is 38.2 Å². The van der Waals surface area contributed by atoms with Crippen LogP contribution >= 0.6 is 0 Å². The minimum atomic E-state index is -0.883. The third kappa shape index (κ3) is 29.2. The minimum Gasteiger partial charge on any atom is -0.477 e. The quantitative estimate of drug-likeness (QED) is 0.0343. The first-order chi connectivity index (χ1) is 22.6. The van der Waals surface area contributed by atoms with Gasteiger partial charge in [0, 0.05) is 19.3 Å². The van der Waals surface area contributed by atoms with Gasteiger partial charge in [0.05, 0.1) is 34.4 Å². The van der Waals surface area contributed by atoms with Crippen LogP contribution < -0.4 is 0 Å². The smallest absolute Gasteiger partial charge is 0.362 e. The molecule has 0 radical (unpaired) electrons. The van der Waals surface area contributed by atoms with Crippen molar-refractivity contribution in [3.05, 3.63) is 48.6 Å². The average Bonchev–Trinajstić information content (AvgIpc) is 3.01. The number of likely N-dealkylation sites (N-methyl/N-ethyl adjacent to an activating group) is 1. The lowest BCUT2D eigenvalue weighted by atomic mass is 10.1. The van der Waals surface area contributed by atoms with Gasteiger partial charge in [0.15, 0.2) is 12.1 Å². The zero-order chi connectivity index (χ0) is 35.0. The Morgan fingerprint density at radius 3 is 1.77 bits per heavy atom. The number of hydrogen-bond acceptors (Lipinski definition) is 6. The Hall–Kier alpha value is -2.71. The molecule has 0 aliphatic carbocycles. The van der Waals surface area contributed by atoms with Crippen molar-refractivity contribution in [3.63, 3.8) is 0 Å². The second kappa shape index (κ2) is 30.6. The third-order valence-corrected chi connectivity index (χ3v) is 7.74.